The SMILES string of the molecule is CCOc1ccc(S(=O)(=O)N2CCC(C(=O)N/N=C/c3c(-c4ccccc4)n(C)c4ccccc34)CC2)cc1. The van der Waals surface area contributed by atoms with Gasteiger partial charge in [-0.2, -0.15) is 9.41 Å². The van der Waals surface area contributed by atoms with Gasteiger partial charge in [-0.05, 0) is 55.7 Å². The summed E-state index contributed by atoms with van der Waals surface area (Å²) >= 11 is 0. The van der Waals surface area contributed by atoms with E-state index < -0.39 is 10.0 Å². The molecule has 1 saturated heterocycles. The first-order valence-corrected chi connectivity index (χ1v) is 14.5. The number of aromatic nitrogens is 1. The van der Waals surface area contributed by atoms with E-state index in [1.54, 1.807) is 30.5 Å². The third-order valence-corrected chi connectivity index (χ3v) is 9.07. The molecule has 9 heteroatoms. The van der Waals surface area contributed by atoms with Gasteiger partial charge in [0.1, 0.15) is 5.75 Å². The molecule has 4 aromatic rings. The van der Waals surface area contributed by atoms with E-state index in [0.717, 1.165) is 27.7 Å². The molecule has 1 amide bonds. The van der Waals surface area contributed by atoms with Crippen molar-refractivity contribution in [1.29, 1.82) is 0 Å². The number of rotatable bonds is 8. The highest BCUT2D eigenvalue weighted by atomic mass is 32.2. The molecule has 1 N–H and O–H groups in total. The first-order chi connectivity index (χ1) is 18.9. The Morgan fingerprint density at radius 1 is 1.00 bits per heavy atom. The number of piperidine rings is 1. The van der Waals surface area contributed by atoms with Crippen LogP contribution >= 0.6 is 0 Å². The number of carbonyl (C=O) groups excluding carboxylic acids is 1. The van der Waals surface area contributed by atoms with Gasteiger partial charge >= 0.3 is 0 Å². The molecular weight excluding hydrogens is 512 g/mol. The normalized spacial score (nSPS) is 15.1. The minimum atomic E-state index is -3.63. The van der Waals surface area contributed by atoms with Crippen LogP contribution in [0.1, 0.15) is 25.3 Å². The average molecular weight is 545 g/mol. The van der Waals surface area contributed by atoms with E-state index in [-0.39, 0.29) is 29.8 Å². The van der Waals surface area contributed by atoms with Crippen molar-refractivity contribution in [3.05, 3.63) is 84.4 Å². The van der Waals surface area contributed by atoms with E-state index >= 15 is 0 Å². The molecule has 0 unspecified atom stereocenters. The summed E-state index contributed by atoms with van der Waals surface area (Å²) in [5.41, 5.74) is 6.77. The molecule has 0 aliphatic carbocycles. The van der Waals surface area contributed by atoms with Crippen molar-refractivity contribution in [2.75, 3.05) is 19.7 Å². The first kappa shape index (κ1) is 26.6. The number of para-hydroxylation sites is 1. The van der Waals surface area contributed by atoms with Gasteiger partial charge in [-0.3, -0.25) is 4.79 Å². The average Bonchev–Trinajstić information content (AvgIpc) is 3.25. The zero-order valence-electron chi connectivity index (χ0n) is 22.1. The number of hydrazone groups is 1. The fourth-order valence-electron chi connectivity index (χ4n) is 5.13. The predicted octanol–water partition coefficient (Wildman–Crippen LogP) is 4.80. The van der Waals surface area contributed by atoms with Crippen LogP contribution in [0.5, 0.6) is 5.75 Å². The minimum Gasteiger partial charge on any atom is -0.494 e. The van der Waals surface area contributed by atoms with Crippen molar-refractivity contribution >= 4 is 33.0 Å². The second-order valence-corrected chi connectivity index (χ2v) is 11.5. The Labute approximate surface area is 229 Å². The van der Waals surface area contributed by atoms with Gasteiger partial charge in [0.15, 0.2) is 0 Å². The van der Waals surface area contributed by atoms with Crippen molar-refractivity contribution in [2.45, 2.75) is 24.7 Å². The maximum absolute atomic E-state index is 13.1. The van der Waals surface area contributed by atoms with Crippen molar-refractivity contribution in [2.24, 2.45) is 18.1 Å². The van der Waals surface area contributed by atoms with Gasteiger partial charge in [-0.15, -0.1) is 0 Å². The van der Waals surface area contributed by atoms with Gasteiger partial charge in [0, 0.05) is 42.5 Å². The molecule has 1 aliphatic rings. The highest BCUT2D eigenvalue weighted by Crippen LogP contribution is 2.32. The van der Waals surface area contributed by atoms with Crippen LogP contribution in [0.3, 0.4) is 0 Å². The minimum absolute atomic E-state index is 0.203. The number of ether oxygens (including phenoxy) is 1. The molecule has 0 spiro atoms. The van der Waals surface area contributed by atoms with E-state index in [1.165, 1.54) is 4.31 Å². The lowest BCUT2D eigenvalue weighted by atomic mass is 9.98. The fraction of sp³-hybridized carbons (Fsp3) is 0.267. The molecule has 1 aliphatic heterocycles. The van der Waals surface area contributed by atoms with E-state index in [1.807, 2.05) is 50.4 Å². The number of hydrogen-bond donors (Lipinski definition) is 1. The zero-order chi connectivity index (χ0) is 27.4. The van der Waals surface area contributed by atoms with Gasteiger partial charge < -0.3 is 9.30 Å². The zero-order valence-corrected chi connectivity index (χ0v) is 22.9. The van der Waals surface area contributed by atoms with Crippen molar-refractivity contribution in [3.8, 4) is 17.0 Å². The third kappa shape index (κ3) is 5.46. The Bertz CT molecular complexity index is 1590. The number of amides is 1. The highest BCUT2D eigenvalue weighted by Gasteiger charge is 2.32. The number of nitrogens with one attached hydrogen (secondary N) is 1. The van der Waals surface area contributed by atoms with Crippen LogP contribution in [0, 0.1) is 5.92 Å². The van der Waals surface area contributed by atoms with Crippen molar-refractivity contribution in [3.63, 3.8) is 0 Å². The van der Waals surface area contributed by atoms with Gasteiger partial charge in [0.25, 0.3) is 0 Å². The summed E-state index contributed by atoms with van der Waals surface area (Å²) in [4.78, 5) is 13.2. The van der Waals surface area contributed by atoms with E-state index in [4.69, 9.17) is 4.74 Å². The summed E-state index contributed by atoms with van der Waals surface area (Å²) in [7, 11) is -1.61. The molecular formula is C30H32N4O4S. The molecule has 0 radical (unpaired) electrons. The maximum atomic E-state index is 13.1. The number of hydrogen-bond acceptors (Lipinski definition) is 5. The van der Waals surface area contributed by atoms with Crippen LogP contribution in [0.4, 0.5) is 0 Å². The molecule has 0 atom stereocenters. The molecule has 202 valence electrons. The standard InChI is InChI=1S/C30H32N4O4S/c1-3-38-24-13-15-25(16-14-24)39(36,37)34-19-17-23(18-20-34)30(35)32-31-21-27-26-11-7-8-12-28(26)33(2)29(27)22-9-5-4-6-10-22/h4-16,21,23H,3,17-20H2,1-2H3,(H,32,35)/b31-21+. The second kappa shape index (κ2) is 11.4. The van der Waals surface area contributed by atoms with Crippen LogP contribution in [-0.2, 0) is 21.9 Å². The van der Waals surface area contributed by atoms with Gasteiger partial charge in [-0.25, -0.2) is 13.8 Å². The second-order valence-electron chi connectivity index (χ2n) is 9.52. The first-order valence-electron chi connectivity index (χ1n) is 13.1. The Morgan fingerprint density at radius 3 is 2.36 bits per heavy atom. The molecule has 1 fully saturated rings. The lowest BCUT2D eigenvalue weighted by Crippen LogP contribution is -2.42. The largest absolute Gasteiger partial charge is 0.494 e. The molecule has 8 nitrogen and oxygen atoms in total. The van der Waals surface area contributed by atoms with Gasteiger partial charge in [0.05, 0.1) is 23.4 Å². The van der Waals surface area contributed by atoms with Crippen LogP contribution in [0.15, 0.2) is 88.9 Å². The molecule has 39 heavy (non-hydrogen) atoms. The number of benzene rings is 3. The summed E-state index contributed by atoms with van der Waals surface area (Å²) in [6.07, 6.45) is 2.57. The number of aryl methyl sites for hydroxylation is 1. The predicted molar refractivity (Wildman–Crippen MR) is 153 cm³/mol. The summed E-state index contributed by atoms with van der Waals surface area (Å²) in [6, 6.07) is 24.6. The fourth-order valence-corrected chi connectivity index (χ4v) is 6.60. The van der Waals surface area contributed by atoms with Crippen molar-refractivity contribution in [1.82, 2.24) is 14.3 Å². The Morgan fingerprint density at radius 2 is 1.67 bits per heavy atom. The van der Waals surface area contributed by atoms with Crippen LogP contribution in [0.25, 0.3) is 22.2 Å². The lowest BCUT2D eigenvalue weighted by molar-refractivity contribution is -0.126. The molecule has 1 aromatic heterocycles. The Balaban J connectivity index is 1.25. The molecule has 2 heterocycles. The van der Waals surface area contributed by atoms with Crippen LogP contribution in [0.2, 0.25) is 0 Å². The molecule has 3 aromatic carbocycles. The number of sulfonamides is 1. The quantitative estimate of drug-likeness (QED) is 0.255. The number of nitrogens with zero attached hydrogens (tertiary/aromatic N) is 3. The lowest BCUT2D eigenvalue weighted by Gasteiger charge is -2.30. The van der Waals surface area contributed by atoms with Crippen LogP contribution in [-0.4, -0.2) is 49.1 Å². The third-order valence-electron chi connectivity index (χ3n) is 7.16. The van der Waals surface area contributed by atoms with E-state index in [2.05, 4.69) is 33.3 Å². The smallest absolute Gasteiger partial charge is 0.243 e. The molecule has 5 rings (SSSR count). The van der Waals surface area contributed by atoms with E-state index in [0.29, 0.717) is 25.2 Å². The number of carbonyl (C=O) groups is 1. The summed E-state index contributed by atoms with van der Waals surface area (Å²) in [5.74, 6) is 0.118. The number of fused-ring (bicyclic) bond motifs is 1. The molecule has 0 saturated carbocycles. The summed E-state index contributed by atoms with van der Waals surface area (Å²) in [5, 5.41) is 5.37. The van der Waals surface area contributed by atoms with Crippen LogP contribution < -0.4 is 10.2 Å². The monoisotopic (exact) mass is 544 g/mol. The molecule has 0 bridgehead atoms. The summed E-state index contributed by atoms with van der Waals surface area (Å²) in [6.45, 7) is 2.95. The van der Waals surface area contributed by atoms with Crippen molar-refractivity contribution < 1.29 is 17.9 Å². The van der Waals surface area contributed by atoms with Gasteiger partial charge in [-0.1, -0.05) is 48.5 Å². The Hall–Kier alpha value is -3.95. The maximum Gasteiger partial charge on any atom is 0.243 e. The van der Waals surface area contributed by atoms with Gasteiger partial charge in [0.2, 0.25) is 15.9 Å². The van der Waals surface area contributed by atoms with E-state index in [9.17, 15) is 13.2 Å². The Kier molecular flexibility index (Phi) is 7.81. The summed E-state index contributed by atoms with van der Waals surface area (Å²) < 4.78 is 35.1. The topological polar surface area (TPSA) is 93.0 Å². The highest BCUT2D eigenvalue weighted by molar-refractivity contribution is 7.89.